The molecule has 0 aliphatic carbocycles. The van der Waals surface area contributed by atoms with Crippen LogP contribution in [0.25, 0.3) is 4.96 Å². The van der Waals surface area contributed by atoms with E-state index in [-0.39, 0.29) is 12.1 Å². The Labute approximate surface area is 146 Å². The minimum Gasteiger partial charge on any atom is -0.444 e. The van der Waals surface area contributed by atoms with Crippen molar-refractivity contribution in [1.82, 2.24) is 19.9 Å². The van der Waals surface area contributed by atoms with Crippen molar-refractivity contribution in [1.29, 1.82) is 0 Å². The molecule has 0 aromatic carbocycles. The Kier molecular flexibility index (Phi) is 4.19. The van der Waals surface area contributed by atoms with Crippen LogP contribution >= 0.6 is 33.9 Å². The van der Waals surface area contributed by atoms with Gasteiger partial charge in [0.15, 0.2) is 0 Å². The summed E-state index contributed by atoms with van der Waals surface area (Å²) in [6.07, 6.45) is 2.43. The molecule has 0 saturated carbocycles. The number of imidazole rings is 1. The molecule has 2 aromatic heterocycles. The second kappa shape index (κ2) is 5.84. The molecule has 1 fully saturated rings. The van der Waals surface area contributed by atoms with Gasteiger partial charge in [-0.05, 0) is 49.8 Å². The lowest BCUT2D eigenvalue weighted by Crippen LogP contribution is -2.40. The number of rotatable bonds is 2. The van der Waals surface area contributed by atoms with Gasteiger partial charge >= 0.3 is 6.09 Å². The smallest absolute Gasteiger partial charge is 0.407 e. The maximum absolute atomic E-state index is 11.8. The summed E-state index contributed by atoms with van der Waals surface area (Å²) in [6.45, 7) is 7.20. The quantitative estimate of drug-likeness (QED) is 0.735. The van der Waals surface area contributed by atoms with Crippen molar-refractivity contribution in [2.24, 2.45) is 0 Å². The zero-order valence-electron chi connectivity index (χ0n) is 12.7. The molecule has 7 nitrogen and oxygen atoms in total. The molecule has 0 spiro atoms. The number of hydrogen-bond acceptors (Lipinski definition) is 6. The number of amides is 1. The van der Waals surface area contributed by atoms with Crippen molar-refractivity contribution in [3.8, 4) is 0 Å². The van der Waals surface area contributed by atoms with Gasteiger partial charge in [0.05, 0.1) is 12.2 Å². The normalized spacial score (nSPS) is 18.9. The number of fused-ring (bicyclic) bond motifs is 1. The van der Waals surface area contributed by atoms with Crippen LogP contribution in [0.5, 0.6) is 0 Å². The standard InChI is InChI=1S/C13H18IN5O2S/c1-13(2,3)21-12(20)15-8-4-5-18(6-8)11-17-19-7-9(14)16-10(19)22-11/h7-8H,4-6H2,1-3H3,(H,15,20). The molecule has 1 atom stereocenters. The van der Waals surface area contributed by atoms with E-state index in [0.29, 0.717) is 0 Å². The van der Waals surface area contributed by atoms with E-state index < -0.39 is 5.60 Å². The van der Waals surface area contributed by atoms with Crippen molar-refractivity contribution in [2.45, 2.75) is 38.8 Å². The number of nitrogens with one attached hydrogen (secondary N) is 1. The fourth-order valence-corrected chi connectivity index (χ4v) is 3.89. The molecule has 9 heteroatoms. The number of carbonyl (C=O) groups excluding carboxylic acids is 1. The number of halogens is 1. The average Bonchev–Trinajstić information content (AvgIpc) is 2.99. The molecule has 1 saturated heterocycles. The van der Waals surface area contributed by atoms with Crippen LogP contribution in [0.3, 0.4) is 0 Å². The topological polar surface area (TPSA) is 71.8 Å². The lowest BCUT2D eigenvalue weighted by atomic mass is 10.2. The Morgan fingerprint density at radius 2 is 2.32 bits per heavy atom. The fraction of sp³-hybridized carbons (Fsp3) is 0.615. The molecule has 1 unspecified atom stereocenters. The van der Waals surface area contributed by atoms with Crippen LogP contribution in [0, 0.1) is 3.70 Å². The molecule has 1 amide bonds. The Morgan fingerprint density at radius 3 is 3.00 bits per heavy atom. The first-order valence-electron chi connectivity index (χ1n) is 7.06. The van der Waals surface area contributed by atoms with E-state index in [4.69, 9.17) is 4.74 Å². The van der Waals surface area contributed by atoms with Crippen molar-refractivity contribution in [3.63, 3.8) is 0 Å². The van der Waals surface area contributed by atoms with Gasteiger partial charge in [-0.15, -0.1) is 5.10 Å². The summed E-state index contributed by atoms with van der Waals surface area (Å²) in [4.78, 5) is 19.3. The number of hydrogen-bond donors (Lipinski definition) is 1. The van der Waals surface area contributed by atoms with Crippen LogP contribution in [-0.4, -0.2) is 45.4 Å². The average molecular weight is 435 g/mol. The zero-order chi connectivity index (χ0) is 15.9. The second-order valence-electron chi connectivity index (χ2n) is 6.25. The number of ether oxygens (including phenoxy) is 1. The van der Waals surface area contributed by atoms with E-state index in [1.165, 1.54) is 0 Å². The van der Waals surface area contributed by atoms with Crippen molar-refractivity contribution in [2.75, 3.05) is 18.0 Å². The minimum absolute atomic E-state index is 0.0891. The molecule has 0 bridgehead atoms. The van der Waals surface area contributed by atoms with Crippen molar-refractivity contribution >= 4 is 50.1 Å². The van der Waals surface area contributed by atoms with Gasteiger partial charge in [-0.25, -0.2) is 14.3 Å². The molecule has 0 radical (unpaired) electrons. The van der Waals surface area contributed by atoms with E-state index in [1.807, 2.05) is 27.0 Å². The first kappa shape index (κ1) is 15.8. The first-order chi connectivity index (χ1) is 10.3. The van der Waals surface area contributed by atoms with Crippen LogP contribution in [0.2, 0.25) is 0 Å². The van der Waals surface area contributed by atoms with Crippen LogP contribution in [0.4, 0.5) is 9.93 Å². The molecule has 1 aliphatic rings. The molecule has 3 rings (SSSR count). The summed E-state index contributed by atoms with van der Waals surface area (Å²) in [5, 5.41) is 8.40. The molecule has 3 heterocycles. The lowest BCUT2D eigenvalue weighted by Gasteiger charge is -2.21. The van der Waals surface area contributed by atoms with Gasteiger partial charge in [0.1, 0.15) is 9.30 Å². The van der Waals surface area contributed by atoms with Crippen LogP contribution in [0.15, 0.2) is 6.20 Å². The van der Waals surface area contributed by atoms with E-state index in [0.717, 1.165) is 33.3 Å². The Hall–Kier alpha value is -1.10. The van der Waals surface area contributed by atoms with Gasteiger partial charge in [-0.1, -0.05) is 11.3 Å². The van der Waals surface area contributed by atoms with Gasteiger partial charge in [-0.3, -0.25) is 0 Å². The Balaban J connectivity index is 1.59. The maximum atomic E-state index is 11.8. The first-order valence-corrected chi connectivity index (χ1v) is 8.96. The maximum Gasteiger partial charge on any atom is 0.407 e. The number of carbonyl (C=O) groups is 1. The summed E-state index contributed by atoms with van der Waals surface area (Å²) < 4.78 is 8.03. The van der Waals surface area contributed by atoms with Crippen LogP contribution in [0.1, 0.15) is 27.2 Å². The third-order valence-corrected chi connectivity index (χ3v) is 4.69. The Morgan fingerprint density at radius 1 is 1.55 bits per heavy atom. The summed E-state index contributed by atoms with van der Waals surface area (Å²) in [5.41, 5.74) is -0.472. The molecule has 2 aromatic rings. The van der Waals surface area contributed by atoms with E-state index in [1.54, 1.807) is 15.9 Å². The predicted molar refractivity (Wildman–Crippen MR) is 93.6 cm³/mol. The summed E-state index contributed by atoms with van der Waals surface area (Å²) in [5.74, 6) is 0. The monoisotopic (exact) mass is 435 g/mol. The lowest BCUT2D eigenvalue weighted by molar-refractivity contribution is 0.0509. The number of aromatic nitrogens is 3. The van der Waals surface area contributed by atoms with Crippen molar-refractivity contribution in [3.05, 3.63) is 9.90 Å². The van der Waals surface area contributed by atoms with E-state index in [2.05, 4.69) is 42.9 Å². The van der Waals surface area contributed by atoms with Crippen molar-refractivity contribution < 1.29 is 9.53 Å². The van der Waals surface area contributed by atoms with Gasteiger partial charge in [-0.2, -0.15) is 0 Å². The van der Waals surface area contributed by atoms with Crippen LogP contribution < -0.4 is 10.2 Å². The second-order valence-corrected chi connectivity index (χ2v) is 8.29. The molecule has 1 aliphatic heterocycles. The highest BCUT2D eigenvalue weighted by atomic mass is 127. The Bertz CT molecular complexity index is 661. The van der Waals surface area contributed by atoms with Gasteiger partial charge < -0.3 is 15.0 Å². The minimum atomic E-state index is -0.472. The molecule has 120 valence electrons. The SMILES string of the molecule is CC(C)(C)OC(=O)NC1CCN(c2nn3cc(I)nc3s2)C1. The summed E-state index contributed by atoms with van der Waals surface area (Å²) in [6, 6.07) is 0.0891. The molecular weight excluding hydrogens is 417 g/mol. The summed E-state index contributed by atoms with van der Waals surface area (Å²) >= 11 is 3.74. The van der Waals surface area contributed by atoms with Gasteiger partial charge in [0, 0.05) is 13.1 Å². The number of anilines is 1. The predicted octanol–water partition coefficient (Wildman–Crippen LogP) is 2.50. The number of nitrogens with zero attached hydrogens (tertiary/aromatic N) is 4. The van der Waals surface area contributed by atoms with E-state index in [9.17, 15) is 4.79 Å². The highest BCUT2D eigenvalue weighted by molar-refractivity contribution is 14.1. The molecular formula is C13H18IN5O2S. The summed E-state index contributed by atoms with van der Waals surface area (Å²) in [7, 11) is 0. The fourth-order valence-electron chi connectivity index (χ4n) is 2.32. The third kappa shape index (κ3) is 3.62. The molecule has 1 N–H and O–H groups in total. The van der Waals surface area contributed by atoms with E-state index >= 15 is 0 Å². The number of alkyl carbamates (subject to hydrolysis) is 1. The third-order valence-electron chi connectivity index (χ3n) is 3.18. The highest BCUT2D eigenvalue weighted by Crippen LogP contribution is 2.26. The largest absolute Gasteiger partial charge is 0.444 e. The van der Waals surface area contributed by atoms with Crippen LogP contribution in [-0.2, 0) is 4.74 Å². The molecule has 22 heavy (non-hydrogen) atoms. The zero-order valence-corrected chi connectivity index (χ0v) is 15.6. The van der Waals surface area contributed by atoms with Gasteiger partial charge in [0.2, 0.25) is 10.1 Å². The van der Waals surface area contributed by atoms with Gasteiger partial charge in [0.25, 0.3) is 0 Å². The highest BCUT2D eigenvalue weighted by Gasteiger charge is 2.28.